The van der Waals surface area contributed by atoms with E-state index in [0.29, 0.717) is 11.6 Å². The summed E-state index contributed by atoms with van der Waals surface area (Å²) < 4.78 is 5.39. The highest BCUT2D eigenvalue weighted by molar-refractivity contribution is 5.90. The van der Waals surface area contributed by atoms with Crippen molar-refractivity contribution in [2.24, 2.45) is 5.73 Å². The summed E-state index contributed by atoms with van der Waals surface area (Å²) in [5, 5.41) is 0. The molecule has 2 rings (SSSR count). The number of primary amides is 1. The number of carbonyl (C=O) groups is 1. The fourth-order valence-electron chi connectivity index (χ4n) is 1.14. The second-order valence-corrected chi connectivity index (χ2v) is 3.02. The Morgan fingerprint density at radius 1 is 1.25 bits per heavy atom. The SMILES string of the molecule is NC(=O)c1cccc(Oc2cccnc2)n1. The van der Waals surface area contributed by atoms with Gasteiger partial charge < -0.3 is 10.5 Å². The van der Waals surface area contributed by atoms with E-state index in [1.54, 1.807) is 36.7 Å². The Bertz CT molecular complexity index is 500. The largest absolute Gasteiger partial charge is 0.437 e. The first-order chi connectivity index (χ1) is 7.75. The molecule has 0 atom stereocenters. The van der Waals surface area contributed by atoms with E-state index in [1.807, 2.05) is 0 Å². The van der Waals surface area contributed by atoms with E-state index in [4.69, 9.17) is 10.5 Å². The Hall–Kier alpha value is -2.43. The first-order valence-corrected chi connectivity index (χ1v) is 4.60. The third kappa shape index (κ3) is 2.33. The van der Waals surface area contributed by atoms with E-state index < -0.39 is 5.91 Å². The number of rotatable bonds is 3. The first kappa shape index (κ1) is 10.1. The van der Waals surface area contributed by atoms with Gasteiger partial charge >= 0.3 is 0 Å². The van der Waals surface area contributed by atoms with E-state index in [2.05, 4.69) is 9.97 Å². The van der Waals surface area contributed by atoms with Gasteiger partial charge in [0.25, 0.3) is 5.91 Å². The molecule has 0 aliphatic rings. The van der Waals surface area contributed by atoms with E-state index >= 15 is 0 Å². The molecule has 1 amide bonds. The van der Waals surface area contributed by atoms with E-state index in [0.717, 1.165) is 0 Å². The maximum absolute atomic E-state index is 10.9. The van der Waals surface area contributed by atoms with Crippen molar-refractivity contribution in [3.63, 3.8) is 0 Å². The molecular formula is C11H9N3O2. The average molecular weight is 215 g/mol. The van der Waals surface area contributed by atoms with Crippen LogP contribution in [0.5, 0.6) is 11.6 Å². The normalized spacial score (nSPS) is 9.75. The maximum atomic E-state index is 10.9. The minimum Gasteiger partial charge on any atom is -0.437 e. The summed E-state index contributed by atoms with van der Waals surface area (Å²) in [6, 6.07) is 8.30. The number of ether oxygens (including phenoxy) is 1. The van der Waals surface area contributed by atoms with Crippen molar-refractivity contribution in [3.8, 4) is 11.6 Å². The molecule has 16 heavy (non-hydrogen) atoms. The van der Waals surface area contributed by atoms with Crippen molar-refractivity contribution in [1.82, 2.24) is 9.97 Å². The highest BCUT2D eigenvalue weighted by Crippen LogP contribution is 2.17. The molecule has 0 saturated carbocycles. The van der Waals surface area contributed by atoms with Crippen LogP contribution >= 0.6 is 0 Å². The van der Waals surface area contributed by atoms with Crippen LogP contribution in [0, 0.1) is 0 Å². The van der Waals surface area contributed by atoms with Crippen LogP contribution in [0.2, 0.25) is 0 Å². The van der Waals surface area contributed by atoms with Gasteiger partial charge in [0.15, 0.2) is 0 Å². The highest BCUT2D eigenvalue weighted by atomic mass is 16.5. The summed E-state index contributed by atoms with van der Waals surface area (Å²) in [6.45, 7) is 0. The lowest BCUT2D eigenvalue weighted by Gasteiger charge is -2.04. The molecule has 0 radical (unpaired) electrons. The Morgan fingerprint density at radius 3 is 2.81 bits per heavy atom. The van der Waals surface area contributed by atoms with E-state index in [9.17, 15) is 4.79 Å². The first-order valence-electron chi connectivity index (χ1n) is 4.60. The molecular weight excluding hydrogens is 206 g/mol. The topological polar surface area (TPSA) is 78.1 Å². The van der Waals surface area contributed by atoms with E-state index in [-0.39, 0.29) is 5.69 Å². The molecule has 0 saturated heterocycles. The molecule has 5 nitrogen and oxygen atoms in total. The van der Waals surface area contributed by atoms with Crippen LogP contribution in [-0.4, -0.2) is 15.9 Å². The summed E-state index contributed by atoms with van der Waals surface area (Å²) in [7, 11) is 0. The fourth-order valence-corrected chi connectivity index (χ4v) is 1.14. The van der Waals surface area contributed by atoms with Crippen LogP contribution in [-0.2, 0) is 0 Å². The molecule has 2 aromatic heterocycles. The van der Waals surface area contributed by atoms with Gasteiger partial charge in [0.2, 0.25) is 5.88 Å². The van der Waals surface area contributed by atoms with Crippen LogP contribution in [0.15, 0.2) is 42.7 Å². The number of aromatic nitrogens is 2. The zero-order chi connectivity index (χ0) is 11.4. The molecule has 0 aliphatic carbocycles. The monoisotopic (exact) mass is 215 g/mol. The van der Waals surface area contributed by atoms with Gasteiger partial charge in [0.05, 0.1) is 6.20 Å². The van der Waals surface area contributed by atoms with Gasteiger partial charge in [0, 0.05) is 12.3 Å². The lowest BCUT2D eigenvalue weighted by molar-refractivity contribution is 0.0995. The number of amides is 1. The molecule has 0 bridgehead atoms. The lowest BCUT2D eigenvalue weighted by atomic mass is 10.3. The third-order valence-electron chi connectivity index (χ3n) is 1.83. The van der Waals surface area contributed by atoms with Gasteiger partial charge in [-0.25, -0.2) is 4.98 Å². The van der Waals surface area contributed by atoms with Gasteiger partial charge in [-0.15, -0.1) is 0 Å². The second-order valence-electron chi connectivity index (χ2n) is 3.02. The molecule has 5 heteroatoms. The van der Waals surface area contributed by atoms with E-state index in [1.165, 1.54) is 6.07 Å². The standard InChI is InChI=1S/C11H9N3O2/c12-11(15)9-4-1-5-10(14-9)16-8-3-2-6-13-7-8/h1-7H,(H2,12,15). The van der Waals surface area contributed by atoms with Crippen LogP contribution < -0.4 is 10.5 Å². The van der Waals surface area contributed by atoms with Crippen molar-refractivity contribution < 1.29 is 9.53 Å². The Labute approximate surface area is 91.9 Å². The van der Waals surface area contributed by atoms with Crippen LogP contribution in [0.4, 0.5) is 0 Å². The molecule has 2 N–H and O–H groups in total. The minimum absolute atomic E-state index is 0.168. The van der Waals surface area contributed by atoms with Crippen molar-refractivity contribution in [2.75, 3.05) is 0 Å². The quantitative estimate of drug-likeness (QED) is 0.838. The third-order valence-corrected chi connectivity index (χ3v) is 1.83. The zero-order valence-corrected chi connectivity index (χ0v) is 8.33. The van der Waals surface area contributed by atoms with Gasteiger partial charge in [-0.3, -0.25) is 9.78 Å². The van der Waals surface area contributed by atoms with Crippen LogP contribution in [0.25, 0.3) is 0 Å². The second kappa shape index (κ2) is 4.39. The lowest BCUT2D eigenvalue weighted by Crippen LogP contribution is -2.12. The van der Waals surface area contributed by atoms with Gasteiger partial charge in [-0.2, -0.15) is 0 Å². The molecule has 2 aromatic rings. The molecule has 0 spiro atoms. The average Bonchev–Trinajstić information content (AvgIpc) is 2.30. The van der Waals surface area contributed by atoms with Crippen LogP contribution in [0.3, 0.4) is 0 Å². The number of hydrogen-bond acceptors (Lipinski definition) is 4. The number of carbonyl (C=O) groups excluding carboxylic acids is 1. The molecule has 0 aromatic carbocycles. The number of pyridine rings is 2. The summed E-state index contributed by atoms with van der Waals surface area (Å²) in [4.78, 5) is 18.7. The number of nitrogens with two attached hydrogens (primary N) is 1. The number of hydrogen-bond donors (Lipinski definition) is 1. The maximum Gasteiger partial charge on any atom is 0.267 e. The molecule has 0 unspecified atom stereocenters. The highest BCUT2D eigenvalue weighted by Gasteiger charge is 2.04. The molecule has 0 fully saturated rings. The summed E-state index contributed by atoms with van der Waals surface area (Å²) in [6.07, 6.45) is 3.19. The predicted octanol–water partition coefficient (Wildman–Crippen LogP) is 1.37. The van der Waals surface area contributed by atoms with Gasteiger partial charge in [0.1, 0.15) is 11.4 Å². The minimum atomic E-state index is -0.586. The van der Waals surface area contributed by atoms with Crippen molar-refractivity contribution in [3.05, 3.63) is 48.4 Å². The van der Waals surface area contributed by atoms with Gasteiger partial charge in [-0.1, -0.05) is 6.07 Å². The van der Waals surface area contributed by atoms with Gasteiger partial charge in [-0.05, 0) is 18.2 Å². The van der Waals surface area contributed by atoms with Crippen molar-refractivity contribution in [2.45, 2.75) is 0 Å². The van der Waals surface area contributed by atoms with Crippen molar-refractivity contribution in [1.29, 1.82) is 0 Å². The zero-order valence-electron chi connectivity index (χ0n) is 8.33. The Kier molecular flexibility index (Phi) is 2.77. The molecule has 0 aliphatic heterocycles. The molecule has 80 valence electrons. The van der Waals surface area contributed by atoms with Crippen LogP contribution in [0.1, 0.15) is 10.5 Å². The summed E-state index contributed by atoms with van der Waals surface area (Å²) >= 11 is 0. The predicted molar refractivity (Wildman–Crippen MR) is 57.1 cm³/mol. The van der Waals surface area contributed by atoms with Crippen molar-refractivity contribution >= 4 is 5.91 Å². The summed E-state index contributed by atoms with van der Waals surface area (Å²) in [5.41, 5.74) is 5.27. The summed E-state index contributed by atoms with van der Waals surface area (Å²) in [5.74, 6) is 0.276. The number of nitrogens with zero attached hydrogens (tertiary/aromatic N) is 2. The smallest absolute Gasteiger partial charge is 0.267 e. The fraction of sp³-hybridized carbons (Fsp3) is 0. The Morgan fingerprint density at radius 2 is 2.12 bits per heavy atom. The Balaban J connectivity index is 2.22. The molecule has 2 heterocycles.